The third-order valence-corrected chi connectivity index (χ3v) is 5.43. The largest absolute Gasteiger partial charge is 0.497 e. The van der Waals surface area contributed by atoms with Crippen LogP contribution < -0.4 is 14.2 Å². The van der Waals surface area contributed by atoms with E-state index in [0.717, 1.165) is 17.0 Å². The summed E-state index contributed by atoms with van der Waals surface area (Å²) in [7, 11) is 4.98. The Labute approximate surface area is 199 Å². The molecule has 0 atom stereocenters. The van der Waals surface area contributed by atoms with Gasteiger partial charge in [0.05, 0.1) is 32.0 Å². The number of benzene rings is 3. The van der Waals surface area contributed by atoms with Gasteiger partial charge in [0.2, 0.25) is 0 Å². The van der Waals surface area contributed by atoms with Crippen LogP contribution in [0.15, 0.2) is 85.1 Å². The van der Waals surface area contributed by atoms with Crippen LogP contribution in [0.25, 0.3) is 16.9 Å². The molecular weight excluding hydrogens is 430 g/mol. The fourth-order valence-corrected chi connectivity index (χ4v) is 3.56. The number of carbonyl (C=O) groups is 1. The van der Waals surface area contributed by atoms with Gasteiger partial charge in [0.25, 0.3) is 5.91 Å². The quantitative estimate of drug-likeness (QED) is 0.364. The molecular formula is C27H27N3O4. The van der Waals surface area contributed by atoms with Gasteiger partial charge in [0.15, 0.2) is 0 Å². The number of hydrogen-bond donors (Lipinski definition) is 0. The topological polar surface area (TPSA) is 65.8 Å². The first-order valence-corrected chi connectivity index (χ1v) is 10.9. The Morgan fingerprint density at radius 1 is 0.882 bits per heavy atom. The van der Waals surface area contributed by atoms with E-state index in [1.165, 1.54) is 0 Å². The Kier molecular flexibility index (Phi) is 7.13. The molecule has 0 aliphatic carbocycles. The van der Waals surface area contributed by atoms with Gasteiger partial charge in [-0.05, 0) is 48.5 Å². The predicted octanol–water partition coefficient (Wildman–Crippen LogP) is 4.71. The van der Waals surface area contributed by atoms with Crippen LogP contribution in [0.5, 0.6) is 17.2 Å². The summed E-state index contributed by atoms with van der Waals surface area (Å²) in [5, 5.41) is 4.75. The van der Waals surface area contributed by atoms with Crippen LogP contribution in [0.2, 0.25) is 0 Å². The Hall–Kier alpha value is -4.26. The van der Waals surface area contributed by atoms with Gasteiger partial charge in [-0.3, -0.25) is 4.79 Å². The molecule has 0 radical (unpaired) electrons. The summed E-state index contributed by atoms with van der Waals surface area (Å²) in [5.74, 6) is 1.98. The summed E-state index contributed by atoms with van der Waals surface area (Å²) in [6.07, 6.45) is 1.76. The molecule has 1 aromatic heterocycles. The highest BCUT2D eigenvalue weighted by Gasteiger charge is 2.23. The van der Waals surface area contributed by atoms with Crippen molar-refractivity contribution in [3.8, 4) is 34.2 Å². The summed E-state index contributed by atoms with van der Waals surface area (Å²) >= 11 is 0. The maximum atomic E-state index is 13.5. The van der Waals surface area contributed by atoms with Gasteiger partial charge in [0.1, 0.15) is 29.5 Å². The minimum absolute atomic E-state index is 0.151. The van der Waals surface area contributed by atoms with E-state index in [1.54, 1.807) is 37.0 Å². The fourth-order valence-electron chi connectivity index (χ4n) is 3.56. The molecule has 34 heavy (non-hydrogen) atoms. The molecule has 0 unspecified atom stereocenters. The molecule has 1 amide bonds. The zero-order valence-corrected chi connectivity index (χ0v) is 19.5. The smallest absolute Gasteiger partial charge is 0.257 e. The zero-order chi connectivity index (χ0) is 23.9. The van der Waals surface area contributed by atoms with Crippen LogP contribution in [0.4, 0.5) is 0 Å². The van der Waals surface area contributed by atoms with Gasteiger partial charge in [-0.1, -0.05) is 30.3 Å². The van der Waals surface area contributed by atoms with Gasteiger partial charge in [0, 0.05) is 18.8 Å². The van der Waals surface area contributed by atoms with Gasteiger partial charge in [-0.15, -0.1) is 0 Å². The molecule has 1 heterocycles. The first-order valence-electron chi connectivity index (χ1n) is 10.9. The number of ether oxygens (including phenoxy) is 3. The van der Waals surface area contributed by atoms with Gasteiger partial charge in [-0.2, -0.15) is 5.10 Å². The second-order valence-electron chi connectivity index (χ2n) is 7.62. The van der Waals surface area contributed by atoms with E-state index in [0.29, 0.717) is 35.9 Å². The van der Waals surface area contributed by atoms with Gasteiger partial charge in [-0.25, -0.2) is 4.68 Å². The first kappa shape index (κ1) is 22.9. The second kappa shape index (κ2) is 10.6. The number of likely N-dealkylation sites (N-methyl/N-ethyl adjacent to an activating group) is 1. The number of amides is 1. The molecule has 0 saturated heterocycles. The van der Waals surface area contributed by atoms with Crippen molar-refractivity contribution < 1.29 is 19.0 Å². The standard InChI is InChI=1S/C27H27N3O4/c1-29(17-18-34-22-15-13-21(32-2)14-16-22)27(31)24-19-30(20-9-5-4-6-10-20)28-26(24)23-11-7-8-12-25(23)33-3/h4-16,19H,17-18H2,1-3H3. The van der Waals surface area contributed by atoms with Crippen molar-refractivity contribution in [2.45, 2.75) is 0 Å². The van der Waals surface area contributed by atoms with Crippen molar-refractivity contribution in [1.82, 2.24) is 14.7 Å². The van der Waals surface area contributed by atoms with Crippen molar-refractivity contribution in [2.75, 3.05) is 34.4 Å². The Morgan fingerprint density at radius 2 is 1.56 bits per heavy atom. The summed E-state index contributed by atoms with van der Waals surface area (Å²) in [6, 6.07) is 24.6. The zero-order valence-electron chi connectivity index (χ0n) is 19.5. The van der Waals surface area contributed by atoms with E-state index in [-0.39, 0.29) is 5.91 Å². The number of rotatable bonds is 9. The maximum absolute atomic E-state index is 13.5. The molecule has 0 bridgehead atoms. The summed E-state index contributed by atoms with van der Waals surface area (Å²) in [5.41, 5.74) is 2.67. The fraction of sp³-hybridized carbons (Fsp3) is 0.185. The third-order valence-electron chi connectivity index (χ3n) is 5.43. The molecule has 4 rings (SSSR count). The van der Waals surface area contributed by atoms with Crippen LogP contribution in [0, 0.1) is 0 Å². The molecule has 3 aromatic carbocycles. The molecule has 0 aliphatic heterocycles. The summed E-state index contributed by atoms with van der Waals surface area (Å²) < 4.78 is 18.2. The van der Waals surface area contributed by atoms with E-state index in [4.69, 9.17) is 19.3 Å². The Bertz CT molecular complexity index is 1240. The molecule has 174 valence electrons. The van der Waals surface area contributed by atoms with Crippen LogP contribution in [0.1, 0.15) is 10.4 Å². The van der Waals surface area contributed by atoms with Crippen molar-refractivity contribution >= 4 is 5.91 Å². The second-order valence-corrected chi connectivity index (χ2v) is 7.62. The van der Waals surface area contributed by atoms with E-state index in [1.807, 2.05) is 78.9 Å². The number of carbonyl (C=O) groups excluding carboxylic acids is 1. The normalized spacial score (nSPS) is 10.6. The molecule has 7 nitrogen and oxygen atoms in total. The van der Waals surface area contributed by atoms with Crippen molar-refractivity contribution in [3.05, 3.63) is 90.6 Å². The van der Waals surface area contributed by atoms with Crippen molar-refractivity contribution in [3.63, 3.8) is 0 Å². The number of aromatic nitrogens is 2. The highest BCUT2D eigenvalue weighted by atomic mass is 16.5. The number of methoxy groups -OCH3 is 2. The van der Waals surface area contributed by atoms with Gasteiger partial charge < -0.3 is 19.1 Å². The highest BCUT2D eigenvalue weighted by Crippen LogP contribution is 2.32. The lowest BCUT2D eigenvalue weighted by Gasteiger charge is -2.18. The lowest BCUT2D eigenvalue weighted by molar-refractivity contribution is 0.0774. The molecule has 0 aliphatic rings. The molecule has 0 N–H and O–H groups in total. The van der Waals surface area contributed by atoms with Crippen LogP contribution in [-0.4, -0.2) is 55.0 Å². The predicted molar refractivity (Wildman–Crippen MR) is 131 cm³/mol. The van der Waals surface area contributed by atoms with Crippen LogP contribution in [0.3, 0.4) is 0 Å². The van der Waals surface area contributed by atoms with Crippen LogP contribution in [-0.2, 0) is 0 Å². The third kappa shape index (κ3) is 5.04. The van der Waals surface area contributed by atoms with Crippen molar-refractivity contribution in [2.24, 2.45) is 0 Å². The number of hydrogen-bond acceptors (Lipinski definition) is 5. The SMILES string of the molecule is COc1ccc(OCCN(C)C(=O)c2cn(-c3ccccc3)nc2-c2ccccc2OC)cc1. The van der Waals surface area contributed by atoms with Gasteiger partial charge >= 0.3 is 0 Å². The summed E-state index contributed by atoms with van der Waals surface area (Å²) in [6.45, 7) is 0.762. The molecule has 0 spiro atoms. The van der Waals surface area contributed by atoms with E-state index in [2.05, 4.69) is 0 Å². The molecule has 0 fully saturated rings. The van der Waals surface area contributed by atoms with Crippen LogP contribution >= 0.6 is 0 Å². The molecule has 0 saturated carbocycles. The lowest BCUT2D eigenvalue weighted by atomic mass is 10.1. The molecule has 7 heteroatoms. The average Bonchev–Trinajstić information content (AvgIpc) is 3.34. The Morgan fingerprint density at radius 3 is 2.26 bits per heavy atom. The monoisotopic (exact) mass is 457 g/mol. The molecule has 4 aromatic rings. The highest BCUT2D eigenvalue weighted by molar-refractivity contribution is 6.00. The summed E-state index contributed by atoms with van der Waals surface area (Å²) in [4.78, 5) is 15.1. The Balaban J connectivity index is 1.57. The average molecular weight is 458 g/mol. The number of para-hydroxylation sites is 2. The lowest BCUT2D eigenvalue weighted by Crippen LogP contribution is -2.31. The van der Waals surface area contributed by atoms with E-state index < -0.39 is 0 Å². The maximum Gasteiger partial charge on any atom is 0.257 e. The number of nitrogens with zero attached hydrogens (tertiary/aromatic N) is 3. The van der Waals surface area contributed by atoms with E-state index >= 15 is 0 Å². The van der Waals surface area contributed by atoms with Crippen molar-refractivity contribution in [1.29, 1.82) is 0 Å². The minimum Gasteiger partial charge on any atom is -0.497 e. The first-order chi connectivity index (χ1) is 16.6. The van der Waals surface area contributed by atoms with E-state index in [9.17, 15) is 4.79 Å². The minimum atomic E-state index is -0.151.